The van der Waals surface area contributed by atoms with Crippen LogP contribution in [-0.2, 0) is 19.0 Å². The molecule has 5 nitrogen and oxygen atoms in total. The largest absolute Gasteiger partial charge is 0.464 e. The van der Waals surface area contributed by atoms with Gasteiger partial charge in [0, 0.05) is 0 Å². The first-order valence-corrected chi connectivity index (χ1v) is 4.63. The van der Waals surface area contributed by atoms with Crippen molar-refractivity contribution in [2.45, 2.75) is 38.8 Å². The molecular weight excluding hydrogens is 188 g/mol. The molecule has 2 atom stereocenters. The topological polar surface area (TPSA) is 65.0 Å². The summed E-state index contributed by atoms with van der Waals surface area (Å²) in [5.74, 6) is -1.41. The monoisotopic (exact) mass is 204 g/mol. The molecule has 0 aromatic carbocycles. The van der Waals surface area contributed by atoms with Crippen LogP contribution in [0.4, 0.5) is 0 Å². The summed E-state index contributed by atoms with van der Waals surface area (Å²) in [6.45, 7) is 5.58. The van der Waals surface area contributed by atoms with Gasteiger partial charge in [0.25, 0.3) is 0 Å². The minimum Gasteiger partial charge on any atom is -0.464 e. The second-order valence-corrected chi connectivity index (χ2v) is 3.56. The predicted molar refractivity (Wildman–Crippen MR) is 47.5 cm³/mol. The van der Waals surface area contributed by atoms with Crippen molar-refractivity contribution in [1.29, 1.82) is 0 Å². The molecule has 1 aliphatic rings. The van der Waals surface area contributed by atoms with Gasteiger partial charge in [0.05, 0.1) is 13.2 Å². The molecule has 0 aliphatic carbocycles. The normalized spacial score (nSPS) is 27.3. The summed E-state index contributed by atoms with van der Waals surface area (Å²) in [4.78, 5) is 11.1. The second-order valence-electron chi connectivity index (χ2n) is 3.56. The Morgan fingerprint density at radius 3 is 2.79 bits per heavy atom. The molecule has 0 amide bonds. The van der Waals surface area contributed by atoms with Crippen LogP contribution in [0, 0.1) is 0 Å². The summed E-state index contributed by atoms with van der Waals surface area (Å²) >= 11 is 0. The van der Waals surface area contributed by atoms with Gasteiger partial charge in [-0.25, -0.2) is 4.79 Å². The van der Waals surface area contributed by atoms with Gasteiger partial charge in [-0.1, -0.05) is 0 Å². The lowest BCUT2D eigenvalue weighted by Gasteiger charge is -2.19. The van der Waals surface area contributed by atoms with Crippen LogP contribution < -0.4 is 0 Å². The first-order chi connectivity index (χ1) is 6.46. The average molecular weight is 204 g/mol. The number of ether oxygens (including phenoxy) is 3. The molecule has 1 aliphatic heterocycles. The van der Waals surface area contributed by atoms with Crippen LogP contribution >= 0.6 is 0 Å². The van der Waals surface area contributed by atoms with Crippen molar-refractivity contribution in [3.8, 4) is 0 Å². The second kappa shape index (κ2) is 4.25. The Kier molecular flexibility index (Phi) is 3.47. The van der Waals surface area contributed by atoms with Gasteiger partial charge < -0.3 is 19.3 Å². The molecule has 1 fully saturated rings. The Labute approximate surface area is 82.9 Å². The minimum atomic E-state index is -1.27. The average Bonchev–Trinajstić information content (AvgIpc) is 2.45. The van der Waals surface area contributed by atoms with Crippen LogP contribution in [0.1, 0.15) is 20.8 Å². The lowest BCUT2D eigenvalue weighted by atomic mass is 10.2. The van der Waals surface area contributed by atoms with Gasteiger partial charge in [-0.05, 0) is 20.8 Å². The highest BCUT2D eigenvalue weighted by atomic mass is 16.7. The van der Waals surface area contributed by atoms with E-state index in [0.717, 1.165) is 0 Å². The molecule has 0 radical (unpaired) electrons. The van der Waals surface area contributed by atoms with E-state index in [1.54, 1.807) is 20.8 Å². The number of carbonyl (C=O) groups excluding carboxylic acids is 1. The predicted octanol–water partition coefficient (Wildman–Crippen LogP) is 0.0619. The van der Waals surface area contributed by atoms with Gasteiger partial charge in [-0.3, -0.25) is 0 Å². The van der Waals surface area contributed by atoms with Crippen molar-refractivity contribution < 1.29 is 24.1 Å². The highest BCUT2D eigenvalue weighted by Crippen LogP contribution is 2.24. The first kappa shape index (κ1) is 11.4. The molecule has 14 heavy (non-hydrogen) atoms. The van der Waals surface area contributed by atoms with Gasteiger partial charge >= 0.3 is 5.97 Å². The van der Waals surface area contributed by atoms with Crippen molar-refractivity contribution in [2.75, 3.05) is 13.2 Å². The summed E-state index contributed by atoms with van der Waals surface area (Å²) in [7, 11) is 0. The first-order valence-electron chi connectivity index (χ1n) is 4.63. The molecule has 1 unspecified atom stereocenters. The van der Waals surface area contributed by atoms with Crippen molar-refractivity contribution in [2.24, 2.45) is 0 Å². The fourth-order valence-electron chi connectivity index (χ4n) is 1.25. The number of esters is 1. The van der Waals surface area contributed by atoms with Crippen LogP contribution in [0.15, 0.2) is 0 Å². The zero-order chi connectivity index (χ0) is 10.8. The zero-order valence-electron chi connectivity index (χ0n) is 8.65. The highest BCUT2D eigenvalue weighted by molar-refractivity contribution is 5.75. The maximum Gasteiger partial charge on any atom is 0.337 e. The highest BCUT2D eigenvalue weighted by Gasteiger charge is 2.40. The van der Waals surface area contributed by atoms with Gasteiger partial charge in [0.2, 0.25) is 0 Å². The van der Waals surface area contributed by atoms with Crippen molar-refractivity contribution >= 4 is 5.97 Å². The number of aliphatic hydroxyl groups excluding tert-OH is 1. The maximum atomic E-state index is 11.1. The lowest BCUT2D eigenvalue weighted by molar-refractivity contribution is -0.172. The molecule has 1 saturated heterocycles. The number of hydrogen-bond donors (Lipinski definition) is 1. The Hall–Kier alpha value is -0.650. The number of rotatable bonds is 3. The van der Waals surface area contributed by atoms with E-state index in [1.807, 2.05) is 0 Å². The smallest absolute Gasteiger partial charge is 0.337 e. The van der Waals surface area contributed by atoms with Crippen molar-refractivity contribution in [3.63, 3.8) is 0 Å². The third-order valence-electron chi connectivity index (χ3n) is 1.91. The van der Waals surface area contributed by atoms with Crippen LogP contribution in [0.25, 0.3) is 0 Å². The Balaban J connectivity index is 2.46. The van der Waals surface area contributed by atoms with Crippen LogP contribution in [0.5, 0.6) is 0 Å². The third-order valence-corrected chi connectivity index (χ3v) is 1.91. The molecule has 1 rings (SSSR count). The zero-order valence-corrected chi connectivity index (χ0v) is 8.65. The summed E-state index contributed by atoms with van der Waals surface area (Å²) in [6, 6.07) is 0. The minimum absolute atomic E-state index is 0.201. The van der Waals surface area contributed by atoms with Gasteiger partial charge in [-0.15, -0.1) is 0 Å². The van der Waals surface area contributed by atoms with Gasteiger partial charge in [0.1, 0.15) is 6.10 Å². The summed E-state index contributed by atoms with van der Waals surface area (Å²) in [5.41, 5.74) is 0. The molecule has 0 saturated carbocycles. The van der Waals surface area contributed by atoms with Gasteiger partial charge in [0.15, 0.2) is 11.9 Å². The molecule has 0 spiro atoms. The van der Waals surface area contributed by atoms with Crippen molar-refractivity contribution in [3.05, 3.63) is 0 Å². The Bertz CT molecular complexity index is 213. The van der Waals surface area contributed by atoms with E-state index in [2.05, 4.69) is 4.74 Å². The SMILES string of the molecule is CCOC(=O)[C@H](O)C1COC(C)(C)O1. The van der Waals surface area contributed by atoms with E-state index in [0.29, 0.717) is 0 Å². The molecule has 0 aromatic heterocycles. The van der Waals surface area contributed by atoms with E-state index in [9.17, 15) is 9.90 Å². The number of aliphatic hydroxyl groups is 1. The van der Waals surface area contributed by atoms with Crippen LogP contribution in [0.3, 0.4) is 0 Å². The molecule has 0 aromatic rings. The fourth-order valence-corrected chi connectivity index (χ4v) is 1.25. The van der Waals surface area contributed by atoms with E-state index in [-0.39, 0.29) is 13.2 Å². The molecule has 5 heteroatoms. The summed E-state index contributed by atoms with van der Waals surface area (Å²) in [5, 5.41) is 9.50. The number of hydrogen-bond acceptors (Lipinski definition) is 5. The quantitative estimate of drug-likeness (QED) is 0.659. The summed E-state index contributed by atoms with van der Waals surface area (Å²) < 4.78 is 15.2. The van der Waals surface area contributed by atoms with E-state index < -0.39 is 24.0 Å². The molecule has 82 valence electrons. The molecular formula is C9H16O5. The molecule has 1 heterocycles. The summed E-state index contributed by atoms with van der Waals surface area (Å²) in [6.07, 6.45) is -1.90. The Morgan fingerprint density at radius 2 is 2.36 bits per heavy atom. The molecule has 1 N–H and O–H groups in total. The van der Waals surface area contributed by atoms with E-state index >= 15 is 0 Å². The van der Waals surface area contributed by atoms with Crippen LogP contribution in [0.2, 0.25) is 0 Å². The van der Waals surface area contributed by atoms with E-state index in [4.69, 9.17) is 9.47 Å². The molecule has 0 bridgehead atoms. The maximum absolute atomic E-state index is 11.1. The van der Waals surface area contributed by atoms with Gasteiger partial charge in [-0.2, -0.15) is 0 Å². The standard InChI is InChI=1S/C9H16O5/c1-4-12-8(11)7(10)6-5-13-9(2,3)14-6/h6-7,10H,4-5H2,1-3H3/t6?,7-/m1/s1. The van der Waals surface area contributed by atoms with Crippen molar-refractivity contribution in [1.82, 2.24) is 0 Å². The number of carbonyl (C=O) groups is 1. The van der Waals surface area contributed by atoms with Crippen LogP contribution in [-0.4, -0.2) is 42.3 Å². The lowest BCUT2D eigenvalue weighted by Crippen LogP contribution is -2.38. The Morgan fingerprint density at radius 1 is 1.71 bits per heavy atom. The fraction of sp³-hybridized carbons (Fsp3) is 0.889. The third kappa shape index (κ3) is 2.67. The van der Waals surface area contributed by atoms with E-state index in [1.165, 1.54) is 0 Å².